The standard InChI is InChI=1S/C15H20N4O2/c1-3-21-15(20)12-8-16-14-11(9-17-19(14)2)13(12)18-10-6-4-5-7-10/h8-10H,3-7H2,1-2H3,(H,16,18). The molecule has 1 saturated carbocycles. The molecule has 1 N–H and O–H groups in total. The Kier molecular flexibility index (Phi) is 3.77. The molecule has 2 aromatic heterocycles. The number of pyridine rings is 1. The number of hydrogen-bond acceptors (Lipinski definition) is 5. The van der Waals surface area contributed by atoms with Crippen LogP contribution >= 0.6 is 0 Å². The lowest BCUT2D eigenvalue weighted by Gasteiger charge is -2.17. The molecule has 0 unspecified atom stereocenters. The van der Waals surface area contributed by atoms with Gasteiger partial charge in [0.25, 0.3) is 0 Å². The summed E-state index contributed by atoms with van der Waals surface area (Å²) in [6.45, 7) is 2.16. The number of aromatic nitrogens is 3. The van der Waals surface area contributed by atoms with Gasteiger partial charge in [-0.15, -0.1) is 0 Å². The van der Waals surface area contributed by atoms with E-state index in [1.807, 2.05) is 7.05 Å². The first-order chi connectivity index (χ1) is 10.2. The molecular weight excluding hydrogens is 268 g/mol. The lowest BCUT2D eigenvalue weighted by atomic mass is 10.1. The lowest BCUT2D eigenvalue weighted by Crippen LogP contribution is -2.18. The van der Waals surface area contributed by atoms with Gasteiger partial charge in [-0.05, 0) is 19.8 Å². The molecule has 0 atom stereocenters. The predicted molar refractivity (Wildman–Crippen MR) is 80.3 cm³/mol. The van der Waals surface area contributed by atoms with Crippen LogP contribution in [0.2, 0.25) is 0 Å². The second-order valence-electron chi connectivity index (χ2n) is 5.40. The summed E-state index contributed by atoms with van der Waals surface area (Å²) in [6, 6.07) is 0.406. The molecule has 2 heterocycles. The molecule has 0 aliphatic heterocycles. The maximum atomic E-state index is 12.2. The van der Waals surface area contributed by atoms with E-state index < -0.39 is 0 Å². The molecule has 0 amide bonds. The smallest absolute Gasteiger partial charge is 0.341 e. The van der Waals surface area contributed by atoms with Crippen LogP contribution in [0.4, 0.5) is 5.69 Å². The highest BCUT2D eigenvalue weighted by Gasteiger charge is 2.22. The molecule has 1 aliphatic carbocycles. The Morgan fingerprint density at radius 1 is 1.43 bits per heavy atom. The van der Waals surface area contributed by atoms with Crippen LogP contribution in [0.1, 0.15) is 43.0 Å². The van der Waals surface area contributed by atoms with E-state index in [1.54, 1.807) is 24.0 Å². The molecule has 112 valence electrons. The highest BCUT2D eigenvalue weighted by molar-refractivity contribution is 6.04. The number of carbonyl (C=O) groups is 1. The summed E-state index contributed by atoms with van der Waals surface area (Å²) in [6.07, 6.45) is 8.06. The minimum atomic E-state index is -0.337. The molecule has 3 rings (SSSR count). The highest BCUT2D eigenvalue weighted by Crippen LogP contribution is 2.30. The Morgan fingerprint density at radius 2 is 2.19 bits per heavy atom. The van der Waals surface area contributed by atoms with Gasteiger partial charge in [0.2, 0.25) is 0 Å². The first-order valence-electron chi connectivity index (χ1n) is 7.45. The molecule has 0 radical (unpaired) electrons. The Balaban J connectivity index is 2.05. The van der Waals surface area contributed by atoms with E-state index in [0.717, 1.165) is 29.6 Å². The van der Waals surface area contributed by atoms with Gasteiger partial charge < -0.3 is 10.1 Å². The SMILES string of the molecule is CCOC(=O)c1cnc2c(cnn2C)c1NC1CCCC1. The monoisotopic (exact) mass is 288 g/mol. The van der Waals surface area contributed by atoms with Crippen molar-refractivity contribution in [1.82, 2.24) is 14.8 Å². The number of aryl methyl sites for hydroxylation is 1. The molecule has 21 heavy (non-hydrogen) atoms. The van der Waals surface area contributed by atoms with E-state index >= 15 is 0 Å². The molecule has 1 aliphatic rings. The van der Waals surface area contributed by atoms with Gasteiger partial charge in [-0.1, -0.05) is 12.8 Å². The zero-order chi connectivity index (χ0) is 14.8. The van der Waals surface area contributed by atoms with Gasteiger partial charge in [0.15, 0.2) is 5.65 Å². The van der Waals surface area contributed by atoms with Gasteiger partial charge in [0, 0.05) is 19.3 Å². The first-order valence-corrected chi connectivity index (χ1v) is 7.45. The quantitative estimate of drug-likeness (QED) is 0.875. The number of hydrogen-bond donors (Lipinski definition) is 1. The van der Waals surface area contributed by atoms with Gasteiger partial charge in [-0.2, -0.15) is 5.10 Å². The minimum absolute atomic E-state index is 0.337. The third-order valence-corrected chi connectivity index (χ3v) is 3.96. The molecule has 0 aromatic carbocycles. The van der Waals surface area contributed by atoms with Crippen molar-refractivity contribution >= 4 is 22.7 Å². The molecule has 0 saturated heterocycles. The molecule has 6 heteroatoms. The van der Waals surface area contributed by atoms with E-state index in [9.17, 15) is 4.79 Å². The van der Waals surface area contributed by atoms with E-state index in [1.165, 1.54) is 12.8 Å². The molecule has 2 aromatic rings. The molecule has 0 bridgehead atoms. The minimum Gasteiger partial charge on any atom is -0.462 e. The van der Waals surface area contributed by atoms with Crippen molar-refractivity contribution in [2.24, 2.45) is 7.05 Å². The van der Waals surface area contributed by atoms with Gasteiger partial charge in [-0.25, -0.2) is 9.78 Å². The number of nitrogens with one attached hydrogen (secondary N) is 1. The Labute approximate surface area is 123 Å². The van der Waals surface area contributed by atoms with Crippen molar-refractivity contribution in [3.63, 3.8) is 0 Å². The predicted octanol–water partition coefficient (Wildman–Crippen LogP) is 2.50. The van der Waals surface area contributed by atoms with E-state index in [-0.39, 0.29) is 5.97 Å². The van der Waals surface area contributed by atoms with Crippen LogP contribution in [0.15, 0.2) is 12.4 Å². The zero-order valence-corrected chi connectivity index (χ0v) is 12.4. The summed E-state index contributed by atoms with van der Waals surface area (Å²) in [7, 11) is 1.85. The average Bonchev–Trinajstić information content (AvgIpc) is 3.10. The van der Waals surface area contributed by atoms with Crippen LogP contribution in [-0.4, -0.2) is 33.4 Å². The van der Waals surface area contributed by atoms with Crippen LogP contribution in [0.3, 0.4) is 0 Å². The van der Waals surface area contributed by atoms with Gasteiger partial charge >= 0.3 is 5.97 Å². The topological polar surface area (TPSA) is 69.0 Å². The van der Waals surface area contributed by atoms with E-state index in [0.29, 0.717) is 18.2 Å². The second-order valence-corrected chi connectivity index (χ2v) is 5.40. The van der Waals surface area contributed by atoms with Gasteiger partial charge in [0.1, 0.15) is 5.56 Å². The normalized spacial score (nSPS) is 15.5. The zero-order valence-electron chi connectivity index (χ0n) is 12.4. The number of carbonyl (C=O) groups excluding carboxylic acids is 1. The molecule has 6 nitrogen and oxygen atoms in total. The fourth-order valence-electron chi connectivity index (χ4n) is 2.89. The number of nitrogens with zero attached hydrogens (tertiary/aromatic N) is 3. The second kappa shape index (κ2) is 5.71. The summed E-state index contributed by atoms with van der Waals surface area (Å²) < 4.78 is 6.86. The summed E-state index contributed by atoms with van der Waals surface area (Å²) in [5.74, 6) is -0.337. The third kappa shape index (κ3) is 2.57. The number of esters is 1. The number of anilines is 1. The Hall–Kier alpha value is -2.11. The largest absolute Gasteiger partial charge is 0.462 e. The summed E-state index contributed by atoms with van der Waals surface area (Å²) >= 11 is 0. The summed E-state index contributed by atoms with van der Waals surface area (Å²) in [5, 5.41) is 8.62. The average molecular weight is 288 g/mol. The number of ether oxygens (including phenoxy) is 1. The maximum Gasteiger partial charge on any atom is 0.341 e. The van der Waals surface area contributed by atoms with Gasteiger partial charge in [0.05, 0.1) is 23.9 Å². The van der Waals surface area contributed by atoms with Crippen molar-refractivity contribution in [2.75, 3.05) is 11.9 Å². The highest BCUT2D eigenvalue weighted by atomic mass is 16.5. The maximum absolute atomic E-state index is 12.2. The Bertz CT molecular complexity index is 659. The first kappa shape index (κ1) is 13.9. The van der Waals surface area contributed by atoms with Crippen molar-refractivity contribution in [1.29, 1.82) is 0 Å². The van der Waals surface area contributed by atoms with Crippen molar-refractivity contribution < 1.29 is 9.53 Å². The van der Waals surface area contributed by atoms with Crippen LogP contribution in [-0.2, 0) is 11.8 Å². The number of rotatable bonds is 4. The fourth-order valence-corrected chi connectivity index (χ4v) is 2.89. The van der Waals surface area contributed by atoms with Crippen LogP contribution in [0.25, 0.3) is 11.0 Å². The molecule has 1 fully saturated rings. The lowest BCUT2D eigenvalue weighted by molar-refractivity contribution is 0.0527. The van der Waals surface area contributed by atoms with E-state index in [2.05, 4.69) is 15.4 Å². The molecular formula is C15H20N4O2. The van der Waals surface area contributed by atoms with Crippen molar-refractivity contribution in [3.05, 3.63) is 18.0 Å². The number of fused-ring (bicyclic) bond motifs is 1. The third-order valence-electron chi connectivity index (χ3n) is 3.96. The van der Waals surface area contributed by atoms with Crippen LogP contribution in [0, 0.1) is 0 Å². The summed E-state index contributed by atoms with van der Waals surface area (Å²) in [5.41, 5.74) is 2.06. The Morgan fingerprint density at radius 3 is 2.90 bits per heavy atom. The van der Waals surface area contributed by atoms with Crippen molar-refractivity contribution in [3.8, 4) is 0 Å². The van der Waals surface area contributed by atoms with Crippen LogP contribution < -0.4 is 5.32 Å². The van der Waals surface area contributed by atoms with E-state index in [4.69, 9.17) is 4.74 Å². The molecule has 0 spiro atoms. The summed E-state index contributed by atoms with van der Waals surface area (Å²) in [4.78, 5) is 16.5. The fraction of sp³-hybridized carbons (Fsp3) is 0.533. The van der Waals surface area contributed by atoms with Crippen LogP contribution in [0.5, 0.6) is 0 Å². The van der Waals surface area contributed by atoms with Crippen molar-refractivity contribution in [2.45, 2.75) is 38.6 Å². The van der Waals surface area contributed by atoms with Gasteiger partial charge in [-0.3, -0.25) is 4.68 Å².